The topological polar surface area (TPSA) is 17.8 Å². The molecular weight excluding hydrogens is 280 g/mol. The zero-order valence-electron chi connectivity index (χ0n) is 14.2. The van der Waals surface area contributed by atoms with Crippen molar-refractivity contribution in [1.29, 1.82) is 0 Å². The number of aryl methyl sites for hydroxylation is 1. The van der Waals surface area contributed by atoms with Crippen LogP contribution in [0.4, 0.5) is 0 Å². The van der Waals surface area contributed by atoms with Crippen molar-refractivity contribution in [2.75, 3.05) is 0 Å². The van der Waals surface area contributed by atoms with Gasteiger partial charge in [-0.2, -0.15) is 5.10 Å². The average molecular weight is 313 g/mol. The number of halogens is 1. The molecule has 0 atom stereocenters. The van der Waals surface area contributed by atoms with Crippen molar-refractivity contribution in [2.45, 2.75) is 97.4 Å². The number of hydrogen-bond donors (Lipinski definition) is 0. The monoisotopic (exact) mass is 312 g/mol. The fraction of sp³-hybridized carbons (Fsp3) is 0.833. The van der Waals surface area contributed by atoms with Gasteiger partial charge in [0, 0.05) is 18.3 Å². The molecule has 0 aliphatic heterocycles. The molecule has 0 aliphatic rings. The number of rotatable bonds is 12. The highest BCUT2D eigenvalue weighted by Gasteiger charge is 2.17. The molecule has 0 spiro atoms. The maximum Gasteiger partial charge on any atom is 0.154 e. The number of nitrogens with zero attached hydrogens (tertiary/aromatic N) is 2. The maximum absolute atomic E-state index is 6.37. The van der Waals surface area contributed by atoms with E-state index in [-0.39, 0.29) is 0 Å². The van der Waals surface area contributed by atoms with Crippen LogP contribution < -0.4 is 0 Å². The van der Waals surface area contributed by atoms with Gasteiger partial charge in [-0.3, -0.25) is 4.68 Å². The molecule has 0 aliphatic carbocycles. The van der Waals surface area contributed by atoms with Crippen LogP contribution in [0.1, 0.15) is 96.5 Å². The summed E-state index contributed by atoms with van der Waals surface area (Å²) in [5, 5.41) is 5.15. The van der Waals surface area contributed by atoms with E-state index in [4.69, 9.17) is 11.6 Å². The molecule has 0 N–H and O–H groups in total. The summed E-state index contributed by atoms with van der Waals surface area (Å²) < 4.78 is 1.97. The van der Waals surface area contributed by atoms with Gasteiger partial charge in [-0.25, -0.2) is 0 Å². The Bertz CT molecular complexity index is 361. The molecule has 0 aromatic carbocycles. The number of unbranched alkanes of at least 4 members (excludes halogenated alkanes) is 6. The second-order valence-corrected chi connectivity index (χ2v) is 6.48. The van der Waals surface area contributed by atoms with E-state index in [1.165, 1.54) is 69.8 Å². The molecule has 0 fully saturated rings. The third-order valence-corrected chi connectivity index (χ3v) is 4.61. The maximum atomic E-state index is 6.37. The Morgan fingerprint density at radius 1 is 0.952 bits per heavy atom. The average Bonchev–Trinajstić information content (AvgIpc) is 2.87. The number of hydrogen-bond acceptors (Lipinski definition) is 1. The third-order valence-electron chi connectivity index (χ3n) is 4.32. The van der Waals surface area contributed by atoms with Crippen LogP contribution in [-0.4, -0.2) is 9.78 Å². The Hall–Kier alpha value is -0.500. The van der Waals surface area contributed by atoms with Gasteiger partial charge >= 0.3 is 0 Å². The molecule has 0 saturated carbocycles. The fourth-order valence-electron chi connectivity index (χ4n) is 2.94. The quantitative estimate of drug-likeness (QED) is 0.398. The summed E-state index contributed by atoms with van der Waals surface area (Å²) in [6.45, 7) is 7.55. The molecule has 0 bridgehead atoms. The van der Waals surface area contributed by atoms with Crippen LogP contribution in [0, 0.1) is 0 Å². The molecule has 0 radical (unpaired) electrons. The molecule has 3 heteroatoms. The van der Waals surface area contributed by atoms with Crippen molar-refractivity contribution in [3.8, 4) is 0 Å². The van der Waals surface area contributed by atoms with Crippen LogP contribution in [0.25, 0.3) is 0 Å². The predicted molar refractivity (Wildman–Crippen MR) is 93.2 cm³/mol. The largest absolute Gasteiger partial charge is 0.271 e. The van der Waals surface area contributed by atoms with Crippen molar-refractivity contribution >= 4 is 11.6 Å². The van der Waals surface area contributed by atoms with Crippen molar-refractivity contribution < 1.29 is 0 Å². The highest BCUT2D eigenvalue weighted by molar-refractivity contribution is 6.30. The molecule has 1 rings (SSSR count). The van der Waals surface area contributed by atoms with E-state index in [2.05, 4.69) is 32.1 Å². The highest BCUT2D eigenvalue weighted by atomic mass is 35.5. The van der Waals surface area contributed by atoms with Gasteiger partial charge in [-0.1, -0.05) is 76.8 Å². The van der Waals surface area contributed by atoms with Crippen molar-refractivity contribution in [2.24, 2.45) is 0 Å². The second-order valence-electron chi connectivity index (χ2n) is 6.13. The summed E-state index contributed by atoms with van der Waals surface area (Å²) in [5.41, 5.74) is 1.28. The van der Waals surface area contributed by atoms with E-state index in [1.54, 1.807) is 0 Å². The molecule has 0 saturated heterocycles. The number of aromatic nitrogens is 2. The zero-order valence-corrected chi connectivity index (χ0v) is 15.0. The summed E-state index contributed by atoms with van der Waals surface area (Å²) in [4.78, 5) is 0. The summed E-state index contributed by atoms with van der Waals surface area (Å²) >= 11 is 6.37. The van der Waals surface area contributed by atoms with Crippen molar-refractivity contribution in [3.63, 3.8) is 0 Å². The van der Waals surface area contributed by atoms with E-state index in [9.17, 15) is 0 Å². The van der Waals surface area contributed by atoms with E-state index in [0.29, 0.717) is 5.92 Å². The van der Waals surface area contributed by atoms with Crippen LogP contribution in [0.3, 0.4) is 0 Å². The molecule has 1 heterocycles. The molecule has 1 aromatic rings. The lowest BCUT2D eigenvalue weighted by molar-refractivity contribution is 0.496. The smallest absolute Gasteiger partial charge is 0.154 e. The molecule has 122 valence electrons. The summed E-state index contributed by atoms with van der Waals surface area (Å²) in [6.07, 6.45) is 15.3. The lowest BCUT2D eigenvalue weighted by atomic mass is 9.90. The Labute approximate surface area is 136 Å². The summed E-state index contributed by atoms with van der Waals surface area (Å²) in [5.74, 6) is 0.603. The minimum Gasteiger partial charge on any atom is -0.271 e. The van der Waals surface area contributed by atoms with Gasteiger partial charge in [0.1, 0.15) is 0 Å². The Morgan fingerprint density at radius 2 is 1.52 bits per heavy atom. The van der Waals surface area contributed by atoms with Crippen molar-refractivity contribution in [3.05, 3.63) is 16.9 Å². The first-order valence-corrected chi connectivity index (χ1v) is 9.33. The van der Waals surface area contributed by atoms with Gasteiger partial charge in [-0.05, 0) is 25.7 Å². The molecule has 2 nitrogen and oxygen atoms in total. The zero-order chi connectivity index (χ0) is 15.5. The van der Waals surface area contributed by atoms with Crippen molar-refractivity contribution in [1.82, 2.24) is 9.78 Å². The van der Waals surface area contributed by atoms with Gasteiger partial charge < -0.3 is 0 Å². The van der Waals surface area contributed by atoms with Gasteiger partial charge in [0.25, 0.3) is 0 Å². The van der Waals surface area contributed by atoms with Gasteiger partial charge in [-0.15, -0.1) is 0 Å². The molecule has 21 heavy (non-hydrogen) atoms. The minimum absolute atomic E-state index is 0.603. The fourth-order valence-corrected chi connectivity index (χ4v) is 3.24. The summed E-state index contributed by atoms with van der Waals surface area (Å²) in [7, 11) is 0. The van der Waals surface area contributed by atoms with Crippen LogP contribution >= 0.6 is 11.6 Å². The standard InChI is InChI=1S/C18H33ClN2/c1-4-7-9-11-13-16(14-12-10-8-5-2)17-15-21(6-3)20-18(17)19/h15-16H,4-14H2,1-3H3. The Morgan fingerprint density at radius 3 is 1.95 bits per heavy atom. The van der Waals surface area contributed by atoms with Crippen LogP contribution in [0.5, 0.6) is 0 Å². The van der Waals surface area contributed by atoms with Gasteiger partial charge in [0.15, 0.2) is 5.15 Å². The Balaban J connectivity index is 2.58. The van der Waals surface area contributed by atoms with Gasteiger partial charge in [0.05, 0.1) is 0 Å². The summed E-state index contributed by atoms with van der Waals surface area (Å²) in [6, 6.07) is 0. The van der Waals surface area contributed by atoms with Crippen LogP contribution in [-0.2, 0) is 6.54 Å². The van der Waals surface area contributed by atoms with E-state index < -0.39 is 0 Å². The second kappa shape index (κ2) is 11.1. The van der Waals surface area contributed by atoms with E-state index in [1.807, 2.05) is 4.68 Å². The lowest BCUT2D eigenvalue weighted by Crippen LogP contribution is -2.00. The molecular formula is C18H33ClN2. The van der Waals surface area contributed by atoms with Crippen LogP contribution in [0.15, 0.2) is 6.20 Å². The van der Waals surface area contributed by atoms with Gasteiger partial charge in [0.2, 0.25) is 0 Å². The van der Waals surface area contributed by atoms with E-state index >= 15 is 0 Å². The molecule has 1 aromatic heterocycles. The molecule has 0 amide bonds. The molecule has 0 unspecified atom stereocenters. The van der Waals surface area contributed by atoms with E-state index in [0.717, 1.165) is 11.7 Å². The minimum atomic E-state index is 0.603. The first-order valence-electron chi connectivity index (χ1n) is 8.95. The first-order chi connectivity index (χ1) is 10.2. The highest BCUT2D eigenvalue weighted by Crippen LogP contribution is 2.32. The SMILES string of the molecule is CCCCCCC(CCCCCC)c1cn(CC)nc1Cl. The van der Waals surface area contributed by atoms with Crippen LogP contribution in [0.2, 0.25) is 5.15 Å². The predicted octanol–water partition coefficient (Wildman–Crippen LogP) is 6.58. The first kappa shape index (κ1) is 18.5. The lowest BCUT2D eigenvalue weighted by Gasteiger charge is -2.16. The Kier molecular flexibility index (Phi) is 9.82. The normalized spacial score (nSPS) is 11.5. The third kappa shape index (κ3) is 6.86.